The number of nitro groups is 1. The number of benzene rings is 2. The monoisotopic (exact) mass is 246 g/mol. The predicted molar refractivity (Wildman–Crippen MR) is 66.7 cm³/mol. The van der Waals surface area contributed by atoms with E-state index in [1.807, 2.05) is 0 Å². The van der Waals surface area contributed by atoms with Gasteiger partial charge in [-0.25, -0.2) is 0 Å². The molecule has 0 unspecified atom stereocenters. The molecule has 0 heterocycles. The lowest BCUT2D eigenvalue weighted by Gasteiger charge is -2.07. The second kappa shape index (κ2) is 4.70. The maximum absolute atomic E-state index is 11.1. The summed E-state index contributed by atoms with van der Waals surface area (Å²) in [5, 5.41) is 23.5. The van der Waals surface area contributed by atoms with Gasteiger partial charge in [0, 0.05) is 0 Å². The van der Waals surface area contributed by atoms with Crippen LogP contribution in [0.4, 0.5) is 11.4 Å². The number of carbonyl (C=O) groups is 1. The van der Waals surface area contributed by atoms with Gasteiger partial charge >= 0.3 is 5.97 Å². The molecule has 0 aliphatic rings. The number of hydrogen-bond acceptors (Lipinski definition) is 4. The Balaban J connectivity index is 2.55. The Morgan fingerprint density at radius 1 is 1.28 bits per heavy atom. The van der Waals surface area contributed by atoms with Crippen LogP contribution in [0.3, 0.4) is 0 Å². The zero-order valence-electron chi connectivity index (χ0n) is 9.29. The lowest BCUT2D eigenvalue weighted by molar-refractivity contribution is -0.382. The van der Waals surface area contributed by atoms with E-state index in [0.717, 1.165) is 5.39 Å². The summed E-state index contributed by atoms with van der Waals surface area (Å²) in [6, 6.07) is 10.1. The van der Waals surface area contributed by atoms with Crippen molar-refractivity contribution in [1.29, 1.82) is 0 Å². The minimum absolute atomic E-state index is 0.102. The lowest BCUT2D eigenvalue weighted by Crippen LogP contribution is -2.13. The van der Waals surface area contributed by atoms with E-state index in [9.17, 15) is 14.9 Å². The van der Waals surface area contributed by atoms with Crippen LogP contribution >= 0.6 is 0 Å². The molecule has 0 aliphatic carbocycles. The third-order valence-electron chi connectivity index (χ3n) is 2.51. The molecule has 0 spiro atoms. The number of nitrogens with zero attached hydrogens (tertiary/aromatic N) is 1. The smallest absolute Gasteiger partial charge is 0.322 e. The fourth-order valence-corrected chi connectivity index (χ4v) is 1.77. The van der Waals surface area contributed by atoms with Gasteiger partial charge in [-0.05, 0) is 17.5 Å². The molecule has 0 saturated heterocycles. The van der Waals surface area contributed by atoms with Gasteiger partial charge in [-0.3, -0.25) is 14.9 Å². The highest BCUT2D eigenvalue weighted by Gasteiger charge is 2.18. The van der Waals surface area contributed by atoms with Gasteiger partial charge in [0.2, 0.25) is 0 Å². The van der Waals surface area contributed by atoms with Gasteiger partial charge in [0.05, 0.1) is 10.3 Å². The van der Waals surface area contributed by atoms with Crippen molar-refractivity contribution in [3.8, 4) is 0 Å². The molecule has 18 heavy (non-hydrogen) atoms. The summed E-state index contributed by atoms with van der Waals surface area (Å²) in [7, 11) is 0. The second-order valence-electron chi connectivity index (χ2n) is 3.69. The number of carboxylic acid groups (broad SMARTS) is 1. The van der Waals surface area contributed by atoms with Gasteiger partial charge in [-0.2, -0.15) is 0 Å². The summed E-state index contributed by atoms with van der Waals surface area (Å²) < 4.78 is 0. The molecule has 0 atom stereocenters. The van der Waals surface area contributed by atoms with Crippen LogP contribution in [-0.4, -0.2) is 22.5 Å². The van der Waals surface area contributed by atoms with E-state index >= 15 is 0 Å². The molecule has 6 heteroatoms. The maximum Gasteiger partial charge on any atom is 0.322 e. The van der Waals surface area contributed by atoms with Gasteiger partial charge in [0.15, 0.2) is 0 Å². The number of fused-ring (bicyclic) bond motifs is 1. The molecule has 0 saturated carbocycles. The number of nitrogens with one attached hydrogen (secondary N) is 1. The first-order chi connectivity index (χ1) is 8.59. The number of anilines is 1. The first-order valence-electron chi connectivity index (χ1n) is 5.21. The summed E-state index contributed by atoms with van der Waals surface area (Å²) in [5.74, 6) is -1.07. The van der Waals surface area contributed by atoms with E-state index in [2.05, 4.69) is 5.32 Å². The zero-order valence-corrected chi connectivity index (χ0v) is 9.29. The van der Waals surface area contributed by atoms with Crippen molar-refractivity contribution in [3.63, 3.8) is 0 Å². The molecule has 0 amide bonds. The van der Waals surface area contributed by atoms with Crippen LogP contribution in [0.5, 0.6) is 0 Å². The standard InChI is InChI=1S/C12H10N2O4/c15-11(16)7-13-10-6-5-8-3-1-2-4-9(8)12(10)14(17)18/h1-6,13H,7H2,(H,15,16). The first kappa shape index (κ1) is 11.8. The Kier molecular flexibility index (Phi) is 3.09. The number of carboxylic acids is 1. The van der Waals surface area contributed by atoms with Crippen molar-refractivity contribution in [2.45, 2.75) is 0 Å². The van der Waals surface area contributed by atoms with Crippen molar-refractivity contribution in [2.24, 2.45) is 0 Å². The molecule has 2 aromatic rings. The molecule has 92 valence electrons. The molecular formula is C12H10N2O4. The molecule has 0 fully saturated rings. The minimum atomic E-state index is -1.07. The fourth-order valence-electron chi connectivity index (χ4n) is 1.77. The van der Waals surface area contributed by atoms with Crippen molar-refractivity contribution < 1.29 is 14.8 Å². The SMILES string of the molecule is O=C(O)CNc1ccc2ccccc2c1[N+](=O)[O-]. The van der Waals surface area contributed by atoms with Crippen LogP contribution in [0.1, 0.15) is 0 Å². The summed E-state index contributed by atoms with van der Waals surface area (Å²) in [5.41, 5.74) is 0.107. The van der Waals surface area contributed by atoms with Crippen LogP contribution in [0.15, 0.2) is 36.4 Å². The minimum Gasteiger partial charge on any atom is -0.480 e. The molecule has 0 aromatic heterocycles. The van der Waals surface area contributed by atoms with E-state index in [1.165, 1.54) is 6.07 Å². The van der Waals surface area contributed by atoms with Gasteiger partial charge < -0.3 is 10.4 Å². The van der Waals surface area contributed by atoms with Gasteiger partial charge in [0.25, 0.3) is 5.69 Å². The molecular weight excluding hydrogens is 236 g/mol. The average molecular weight is 246 g/mol. The van der Waals surface area contributed by atoms with E-state index in [-0.39, 0.29) is 17.9 Å². The molecule has 2 rings (SSSR count). The van der Waals surface area contributed by atoms with Gasteiger partial charge in [-0.15, -0.1) is 0 Å². The molecule has 6 nitrogen and oxygen atoms in total. The average Bonchev–Trinajstić information content (AvgIpc) is 2.35. The quantitative estimate of drug-likeness (QED) is 0.637. The third kappa shape index (κ3) is 2.22. The fraction of sp³-hybridized carbons (Fsp3) is 0.0833. The number of hydrogen-bond donors (Lipinski definition) is 2. The number of aliphatic carboxylic acids is 1. The van der Waals surface area contributed by atoms with Crippen LogP contribution in [0.25, 0.3) is 10.8 Å². The Labute approximate surface area is 102 Å². The van der Waals surface area contributed by atoms with Gasteiger partial charge in [0.1, 0.15) is 12.2 Å². The van der Waals surface area contributed by atoms with Crippen molar-refractivity contribution in [3.05, 3.63) is 46.5 Å². The predicted octanol–water partition coefficient (Wildman–Crippen LogP) is 2.24. The molecule has 2 aromatic carbocycles. The van der Waals surface area contributed by atoms with E-state index in [1.54, 1.807) is 30.3 Å². The first-order valence-corrected chi connectivity index (χ1v) is 5.21. The van der Waals surface area contributed by atoms with Crippen molar-refractivity contribution >= 4 is 28.1 Å². The highest BCUT2D eigenvalue weighted by molar-refractivity contribution is 5.96. The Bertz CT molecular complexity index is 625. The van der Waals surface area contributed by atoms with Crippen molar-refractivity contribution in [2.75, 3.05) is 11.9 Å². The molecule has 0 bridgehead atoms. The summed E-state index contributed by atoms with van der Waals surface area (Å²) >= 11 is 0. The molecule has 0 radical (unpaired) electrons. The number of nitro benzene ring substituents is 1. The van der Waals surface area contributed by atoms with E-state index in [0.29, 0.717) is 5.39 Å². The largest absolute Gasteiger partial charge is 0.480 e. The lowest BCUT2D eigenvalue weighted by atomic mass is 10.1. The normalized spacial score (nSPS) is 10.2. The molecule has 2 N–H and O–H groups in total. The van der Waals surface area contributed by atoms with Gasteiger partial charge in [-0.1, -0.05) is 24.3 Å². The second-order valence-corrected chi connectivity index (χ2v) is 3.69. The van der Waals surface area contributed by atoms with Crippen LogP contribution in [0, 0.1) is 10.1 Å². The highest BCUT2D eigenvalue weighted by atomic mass is 16.6. The Morgan fingerprint density at radius 3 is 2.67 bits per heavy atom. The maximum atomic E-state index is 11.1. The topological polar surface area (TPSA) is 92.5 Å². The molecule has 0 aliphatic heterocycles. The van der Waals surface area contributed by atoms with E-state index in [4.69, 9.17) is 5.11 Å². The third-order valence-corrected chi connectivity index (χ3v) is 2.51. The van der Waals surface area contributed by atoms with Crippen LogP contribution < -0.4 is 5.32 Å². The zero-order chi connectivity index (χ0) is 13.1. The van der Waals surface area contributed by atoms with Crippen LogP contribution in [-0.2, 0) is 4.79 Å². The van der Waals surface area contributed by atoms with Crippen LogP contribution in [0.2, 0.25) is 0 Å². The summed E-state index contributed by atoms with van der Waals surface area (Å²) in [6.07, 6.45) is 0. The Hall–Kier alpha value is -2.63. The summed E-state index contributed by atoms with van der Waals surface area (Å²) in [6.45, 7) is -0.362. The highest BCUT2D eigenvalue weighted by Crippen LogP contribution is 2.33. The summed E-state index contributed by atoms with van der Waals surface area (Å²) in [4.78, 5) is 21.1. The Morgan fingerprint density at radius 2 is 2.00 bits per heavy atom. The van der Waals surface area contributed by atoms with Crippen molar-refractivity contribution in [1.82, 2.24) is 0 Å². The van der Waals surface area contributed by atoms with E-state index < -0.39 is 10.9 Å². The number of rotatable bonds is 4.